The molecule has 1 aliphatic carbocycles. The quantitative estimate of drug-likeness (QED) is 0.696. The molecular weight excluding hydrogens is 354 g/mol. The van der Waals surface area contributed by atoms with Crippen LogP contribution in [0.2, 0.25) is 0 Å². The zero-order valence-corrected chi connectivity index (χ0v) is 15.9. The van der Waals surface area contributed by atoms with Crippen LogP contribution in [-0.2, 0) is 4.79 Å². The molecule has 0 unspecified atom stereocenters. The summed E-state index contributed by atoms with van der Waals surface area (Å²) in [7, 11) is 1.61. The third-order valence-corrected chi connectivity index (χ3v) is 5.35. The van der Waals surface area contributed by atoms with Gasteiger partial charge in [-0.25, -0.2) is 0 Å². The van der Waals surface area contributed by atoms with Crippen LogP contribution in [0.4, 0.5) is 5.69 Å². The van der Waals surface area contributed by atoms with Gasteiger partial charge in [0.25, 0.3) is 0 Å². The summed E-state index contributed by atoms with van der Waals surface area (Å²) in [6, 6.07) is 14.0. The van der Waals surface area contributed by atoms with Gasteiger partial charge in [0.05, 0.1) is 12.5 Å². The number of anilines is 1. The number of benzene rings is 2. The molecule has 1 N–H and O–H groups in total. The Labute approximate surface area is 163 Å². The normalized spacial score (nSPS) is 14.8. The van der Waals surface area contributed by atoms with Gasteiger partial charge in [0.15, 0.2) is 5.43 Å². The minimum Gasteiger partial charge on any atom is -0.497 e. The van der Waals surface area contributed by atoms with Crippen LogP contribution in [0.1, 0.15) is 32.1 Å². The molecule has 1 fully saturated rings. The maximum Gasteiger partial charge on any atom is 0.227 e. The Balaban J connectivity index is 1.63. The molecule has 0 aliphatic heterocycles. The molecule has 1 aliphatic rings. The van der Waals surface area contributed by atoms with Crippen molar-refractivity contribution in [1.82, 2.24) is 0 Å². The van der Waals surface area contributed by atoms with Crippen LogP contribution in [0.3, 0.4) is 0 Å². The summed E-state index contributed by atoms with van der Waals surface area (Å²) < 4.78 is 11.1. The van der Waals surface area contributed by atoms with Crippen molar-refractivity contribution >= 4 is 22.6 Å². The lowest BCUT2D eigenvalue weighted by molar-refractivity contribution is -0.120. The van der Waals surface area contributed by atoms with Crippen LogP contribution in [0.15, 0.2) is 57.7 Å². The van der Waals surface area contributed by atoms with Crippen molar-refractivity contribution in [3.63, 3.8) is 0 Å². The lowest BCUT2D eigenvalue weighted by Crippen LogP contribution is -2.24. The zero-order valence-electron chi connectivity index (χ0n) is 15.9. The fourth-order valence-corrected chi connectivity index (χ4v) is 3.74. The second-order valence-corrected chi connectivity index (χ2v) is 7.24. The van der Waals surface area contributed by atoms with E-state index < -0.39 is 0 Å². The number of carbonyl (C=O) groups is 1. The van der Waals surface area contributed by atoms with Gasteiger partial charge in [-0.05, 0) is 49.2 Å². The maximum absolute atomic E-state index is 12.5. The number of ether oxygens (including phenoxy) is 1. The second kappa shape index (κ2) is 7.89. The fraction of sp³-hybridized carbons (Fsp3) is 0.304. The Morgan fingerprint density at radius 1 is 1.04 bits per heavy atom. The van der Waals surface area contributed by atoms with Crippen LogP contribution in [0, 0.1) is 5.92 Å². The number of carbonyl (C=O) groups excluding carboxylic acids is 1. The van der Waals surface area contributed by atoms with E-state index in [-0.39, 0.29) is 17.3 Å². The van der Waals surface area contributed by atoms with E-state index in [4.69, 9.17) is 9.15 Å². The van der Waals surface area contributed by atoms with Gasteiger partial charge in [-0.1, -0.05) is 19.3 Å². The highest BCUT2D eigenvalue weighted by Gasteiger charge is 2.21. The van der Waals surface area contributed by atoms with E-state index in [1.54, 1.807) is 25.3 Å². The third kappa shape index (κ3) is 3.79. The number of hydrogen-bond acceptors (Lipinski definition) is 4. The van der Waals surface area contributed by atoms with Gasteiger partial charge < -0.3 is 14.5 Å². The lowest BCUT2D eigenvalue weighted by atomic mass is 9.88. The van der Waals surface area contributed by atoms with E-state index in [0.29, 0.717) is 22.4 Å². The molecule has 0 bridgehead atoms. The number of rotatable bonds is 4. The lowest BCUT2D eigenvalue weighted by Gasteiger charge is -2.20. The summed E-state index contributed by atoms with van der Waals surface area (Å²) in [6.07, 6.45) is 5.30. The van der Waals surface area contributed by atoms with Crippen molar-refractivity contribution in [3.05, 3.63) is 58.8 Å². The first-order valence-electron chi connectivity index (χ1n) is 9.67. The van der Waals surface area contributed by atoms with Crippen LogP contribution < -0.4 is 15.5 Å². The van der Waals surface area contributed by atoms with Crippen molar-refractivity contribution in [1.29, 1.82) is 0 Å². The molecule has 144 valence electrons. The summed E-state index contributed by atoms with van der Waals surface area (Å²) in [5, 5.41) is 3.47. The Bertz CT molecular complexity index is 1050. The summed E-state index contributed by atoms with van der Waals surface area (Å²) in [6.45, 7) is 0. The van der Waals surface area contributed by atoms with Crippen molar-refractivity contribution in [2.45, 2.75) is 32.1 Å². The molecule has 1 amide bonds. The Morgan fingerprint density at radius 3 is 2.50 bits per heavy atom. The van der Waals surface area contributed by atoms with Gasteiger partial charge in [0.1, 0.15) is 17.1 Å². The van der Waals surface area contributed by atoms with E-state index in [1.807, 2.05) is 24.3 Å². The average molecular weight is 377 g/mol. The molecule has 1 saturated carbocycles. The number of methoxy groups -OCH3 is 1. The van der Waals surface area contributed by atoms with E-state index in [0.717, 1.165) is 37.0 Å². The number of fused-ring (bicyclic) bond motifs is 1. The zero-order chi connectivity index (χ0) is 19.5. The van der Waals surface area contributed by atoms with Gasteiger partial charge >= 0.3 is 0 Å². The van der Waals surface area contributed by atoms with E-state index in [1.165, 1.54) is 12.5 Å². The molecule has 0 radical (unpaired) electrons. The highest BCUT2D eigenvalue weighted by molar-refractivity contribution is 5.94. The molecule has 0 spiro atoms. The molecule has 5 nitrogen and oxygen atoms in total. The molecule has 1 heterocycles. The van der Waals surface area contributed by atoms with Crippen molar-refractivity contribution < 1.29 is 13.9 Å². The molecule has 2 aromatic carbocycles. The van der Waals surface area contributed by atoms with Crippen LogP contribution >= 0.6 is 0 Å². The van der Waals surface area contributed by atoms with E-state index >= 15 is 0 Å². The molecular formula is C23H23NO4. The summed E-state index contributed by atoms with van der Waals surface area (Å²) >= 11 is 0. The van der Waals surface area contributed by atoms with Crippen LogP contribution in [0.5, 0.6) is 5.75 Å². The van der Waals surface area contributed by atoms with Crippen LogP contribution in [0.25, 0.3) is 22.3 Å². The SMILES string of the molecule is COc1ccc(-c2cc(=O)c3ccc(NC(=O)C4CCCCC4)cc3o2)cc1. The molecule has 0 saturated heterocycles. The first kappa shape index (κ1) is 18.3. The average Bonchev–Trinajstić information content (AvgIpc) is 2.74. The van der Waals surface area contributed by atoms with Crippen LogP contribution in [-0.4, -0.2) is 13.0 Å². The predicted octanol–water partition coefficient (Wildman–Crippen LogP) is 4.99. The molecule has 3 aromatic rings. The van der Waals surface area contributed by atoms with Gasteiger partial charge in [-0.3, -0.25) is 9.59 Å². The smallest absolute Gasteiger partial charge is 0.227 e. The minimum atomic E-state index is -0.114. The first-order chi connectivity index (χ1) is 13.6. The number of amides is 1. The third-order valence-electron chi connectivity index (χ3n) is 5.35. The second-order valence-electron chi connectivity index (χ2n) is 7.24. The largest absolute Gasteiger partial charge is 0.497 e. The van der Waals surface area contributed by atoms with Crippen molar-refractivity contribution in [2.24, 2.45) is 5.92 Å². The number of hydrogen-bond donors (Lipinski definition) is 1. The van der Waals surface area contributed by atoms with E-state index in [2.05, 4.69) is 5.32 Å². The highest BCUT2D eigenvalue weighted by atomic mass is 16.5. The predicted molar refractivity (Wildman–Crippen MR) is 110 cm³/mol. The highest BCUT2D eigenvalue weighted by Crippen LogP contribution is 2.27. The number of nitrogens with one attached hydrogen (secondary N) is 1. The molecule has 28 heavy (non-hydrogen) atoms. The topological polar surface area (TPSA) is 68.5 Å². The molecule has 5 heteroatoms. The Kier molecular flexibility index (Phi) is 5.15. The molecule has 0 atom stereocenters. The first-order valence-corrected chi connectivity index (χ1v) is 9.67. The summed E-state index contributed by atoms with van der Waals surface area (Å²) in [5.41, 5.74) is 1.78. The monoisotopic (exact) mass is 377 g/mol. The van der Waals surface area contributed by atoms with E-state index in [9.17, 15) is 9.59 Å². The standard InChI is InChI=1S/C23H23NO4/c1-27-18-10-7-15(8-11-18)21-14-20(25)19-12-9-17(13-22(19)28-21)24-23(26)16-5-3-2-4-6-16/h7-14,16H,2-6H2,1H3,(H,24,26). The Hall–Kier alpha value is -3.08. The summed E-state index contributed by atoms with van der Waals surface area (Å²) in [4.78, 5) is 25.0. The van der Waals surface area contributed by atoms with Gasteiger partial charge in [0, 0.05) is 29.3 Å². The van der Waals surface area contributed by atoms with Crippen molar-refractivity contribution in [2.75, 3.05) is 12.4 Å². The van der Waals surface area contributed by atoms with Gasteiger partial charge in [0.2, 0.25) is 5.91 Å². The molecule has 4 rings (SSSR count). The van der Waals surface area contributed by atoms with Gasteiger partial charge in [-0.15, -0.1) is 0 Å². The fourth-order valence-electron chi connectivity index (χ4n) is 3.74. The van der Waals surface area contributed by atoms with Crippen molar-refractivity contribution in [3.8, 4) is 17.1 Å². The van der Waals surface area contributed by atoms with Gasteiger partial charge in [-0.2, -0.15) is 0 Å². The molecule has 1 aromatic heterocycles. The summed E-state index contributed by atoms with van der Waals surface area (Å²) in [5.74, 6) is 1.34. The Morgan fingerprint density at radius 2 is 1.79 bits per heavy atom. The minimum absolute atomic E-state index is 0.0488. The maximum atomic E-state index is 12.5.